The maximum atomic E-state index is 12.3. The molecule has 0 bridgehead atoms. The quantitative estimate of drug-likeness (QED) is 0.545. The molecule has 0 saturated heterocycles. The summed E-state index contributed by atoms with van der Waals surface area (Å²) >= 11 is 0. The molecule has 2 atom stereocenters. The molecule has 2 amide bonds. The first-order valence-corrected chi connectivity index (χ1v) is 9.39. The van der Waals surface area contributed by atoms with Crippen molar-refractivity contribution in [2.24, 2.45) is 11.8 Å². The molecule has 0 spiro atoms. The summed E-state index contributed by atoms with van der Waals surface area (Å²) in [5.74, 6) is -1.21. The molecule has 28 heavy (non-hydrogen) atoms. The second-order valence-electron chi connectivity index (χ2n) is 6.89. The summed E-state index contributed by atoms with van der Waals surface area (Å²) in [6.07, 6.45) is 2.35. The Morgan fingerprint density at radius 2 is 1.64 bits per heavy atom. The SMILES string of the molecule is COC(=O)c1ccc(NC(=O)C2CC2C(=O)NCCCc2ccccc2)cc1. The van der Waals surface area contributed by atoms with Gasteiger partial charge in [0.2, 0.25) is 11.8 Å². The van der Waals surface area contributed by atoms with Crippen LogP contribution in [-0.2, 0) is 20.7 Å². The summed E-state index contributed by atoms with van der Waals surface area (Å²) in [6, 6.07) is 16.6. The van der Waals surface area contributed by atoms with Gasteiger partial charge in [-0.2, -0.15) is 0 Å². The first-order valence-electron chi connectivity index (χ1n) is 9.39. The second-order valence-corrected chi connectivity index (χ2v) is 6.89. The zero-order chi connectivity index (χ0) is 19.9. The van der Waals surface area contributed by atoms with E-state index in [0.717, 1.165) is 12.8 Å². The van der Waals surface area contributed by atoms with Gasteiger partial charge in [-0.15, -0.1) is 0 Å². The van der Waals surface area contributed by atoms with E-state index in [1.54, 1.807) is 24.3 Å². The lowest BCUT2D eigenvalue weighted by molar-refractivity contribution is -0.125. The Kier molecular flexibility index (Phi) is 6.42. The van der Waals surface area contributed by atoms with E-state index in [9.17, 15) is 14.4 Å². The van der Waals surface area contributed by atoms with Crippen LogP contribution in [0.2, 0.25) is 0 Å². The molecular formula is C22H24N2O4. The van der Waals surface area contributed by atoms with Gasteiger partial charge in [-0.05, 0) is 49.1 Å². The largest absolute Gasteiger partial charge is 0.465 e. The highest BCUT2D eigenvalue weighted by Gasteiger charge is 2.47. The van der Waals surface area contributed by atoms with Gasteiger partial charge in [0.1, 0.15) is 0 Å². The number of carbonyl (C=O) groups is 3. The van der Waals surface area contributed by atoms with Gasteiger partial charge in [-0.1, -0.05) is 30.3 Å². The third-order valence-electron chi connectivity index (χ3n) is 4.82. The molecule has 146 valence electrons. The van der Waals surface area contributed by atoms with Crippen LogP contribution in [0.15, 0.2) is 54.6 Å². The standard InChI is InChI=1S/C22H24N2O4/c1-28-22(27)16-9-11-17(12-10-16)24-21(26)19-14-18(19)20(25)23-13-5-8-15-6-3-2-4-7-15/h2-4,6-7,9-12,18-19H,5,8,13-14H2,1H3,(H,23,25)(H,24,26). The minimum Gasteiger partial charge on any atom is -0.465 e. The third-order valence-corrected chi connectivity index (χ3v) is 4.82. The maximum absolute atomic E-state index is 12.3. The highest BCUT2D eigenvalue weighted by molar-refractivity contribution is 5.99. The monoisotopic (exact) mass is 380 g/mol. The van der Waals surface area contributed by atoms with Crippen molar-refractivity contribution in [2.45, 2.75) is 19.3 Å². The number of aryl methyl sites for hydroxylation is 1. The highest BCUT2D eigenvalue weighted by atomic mass is 16.5. The molecule has 3 rings (SSSR count). The van der Waals surface area contributed by atoms with Gasteiger partial charge in [0.25, 0.3) is 0 Å². The molecule has 0 radical (unpaired) electrons. The Bertz CT molecular complexity index is 833. The number of esters is 1. The van der Waals surface area contributed by atoms with Crippen molar-refractivity contribution >= 4 is 23.5 Å². The Hall–Kier alpha value is -3.15. The first kappa shape index (κ1) is 19.6. The van der Waals surface area contributed by atoms with E-state index in [-0.39, 0.29) is 23.7 Å². The van der Waals surface area contributed by atoms with Crippen LogP contribution in [0.1, 0.15) is 28.8 Å². The van der Waals surface area contributed by atoms with Gasteiger partial charge < -0.3 is 15.4 Å². The van der Waals surface area contributed by atoms with E-state index in [0.29, 0.717) is 24.2 Å². The lowest BCUT2D eigenvalue weighted by Crippen LogP contribution is -2.28. The van der Waals surface area contributed by atoms with E-state index in [4.69, 9.17) is 0 Å². The Labute approximate surface area is 164 Å². The molecule has 1 fully saturated rings. The summed E-state index contributed by atoms with van der Waals surface area (Å²) in [5, 5.41) is 5.71. The van der Waals surface area contributed by atoms with E-state index >= 15 is 0 Å². The van der Waals surface area contributed by atoms with Crippen LogP contribution in [-0.4, -0.2) is 31.4 Å². The smallest absolute Gasteiger partial charge is 0.337 e. The Morgan fingerprint density at radius 3 is 2.32 bits per heavy atom. The van der Waals surface area contributed by atoms with Gasteiger partial charge in [0.05, 0.1) is 24.5 Å². The van der Waals surface area contributed by atoms with Crippen molar-refractivity contribution in [2.75, 3.05) is 19.0 Å². The van der Waals surface area contributed by atoms with E-state index in [2.05, 4.69) is 27.5 Å². The molecule has 1 aliphatic carbocycles. The predicted molar refractivity (Wildman–Crippen MR) is 106 cm³/mol. The van der Waals surface area contributed by atoms with Crippen LogP contribution in [0.3, 0.4) is 0 Å². The Morgan fingerprint density at radius 1 is 0.964 bits per heavy atom. The van der Waals surface area contributed by atoms with Crippen LogP contribution in [0.25, 0.3) is 0 Å². The van der Waals surface area contributed by atoms with Gasteiger partial charge in [-0.3, -0.25) is 9.59 Å². The van der Waals surface area contributed by atoms with Crippen molar-refractivity contribution < 1.29 is 19.1 Å². The fraction of sp³-hybridized carbons (Fsp3) is 0.318. The maximum Gasteiger partial charge on any atom is 0.337 e. The normalized spacial score (nSPS) is 17.5. The topological polar surface area (TPSA) is 84.5 Å². The molecule has 2 aromatic carbocycles. The molecule has 2 aromatic rings. The minimum atomic E-state index is -0.427. The number of anilines is 1. The zero-order valence-electron chi connectivity index (χ0n) is 15.8. The average Bonchev–Trinajstić information content (AvgIpc) is 3.53. The first-order chi connectivity index (χ1) is 13.6. The van der Waals surface area contributed by atoms with Gasteiger partial charge in [0, 0.05) is 12.2 Å². The molecule has 2 N–H and O–H groups in total. The molecule has 0 aromatic heterocycles. The predicted octanol–water partition coefficient (Wildman–Crippen LogP) is 2.80. The van der Waals surface area contributed by atoms with Gasteiger partial charge >= 0.3 is 5.97 Å². The van der Waals surface area contributed by atoms with Crippen molar-refractivity contribution in [1.29, 1.82) is 0 Å². The summed E-state index contributed by atoms with van der Waals surface area (Å²) in [7, 11) is 1.32. The van der Waals surface area contributed by atoms with Crippen LogP contribution in [0.5, 0.6) is 0 Å². The van der Waals surface area contributed by atoms with E-state index in [1.807, 2.05) is 18.2 Å². The van der Waals surface area contributed by atoms with Crippen LogP contribution >= 0.6 is 0 Å². The molecule has 6 heteroatoms. The van der Waals surface area contributed by atoms with Crippen molar-refractivity contribution in [1.82, 2.24) is 5.32 Å². The number of hydrogen-bond acceptors (Lipinski definition) is 4. The van der Waals surface area contributed by atoms with Crippen molar-refractivity contribution in [3.05, 3.63) is 65.7 Å². The van der Waals surface area contributed by atoms with Crippen molar-refractivity contribution in [3.63, 3.8) is 0 Å². The number of hydrogen-bond donors (Lipinski definition) is 2. The molecule has 6 nitrogen and oxygen atoms in total. The Balaban J connectivity index is 1.38. The minimum absolute atomic E-state index is 0.0609. The van der Waals surface area contributed by atoms with E-state index in [1.165, 1.54) is 12.7 Å². The van der Waals surface area contributed by atoms with Crippen molar-refractivity contribution in [3.8, 4) is 0 Å². The average molecular weight is 380 g/mol. The number of ether oxygens (including phenoxy) is 1. The lowest BCUT2D eigenvalue weighted by atomic mass is 10.1. The molecule has 2 unspecified atom stereocenters. The second kappa shape index (κ2) is 9.17. The highest BCUT2D eigenvalue weighted by Crippen LogP contribution is 2.39. The molecule has 0 aliphatic heterocycles. The zero-order valence-corrected chi connectivity index (χ0v) is 15.8. The lowest BCUT2D eigenvalue weighted by Gasteiger charge is -2.07. The van der Waals surface area contributed by atoms with Crippen LogP contribution in [0.4, 0.5) is 5.69 Å². The fourth-order valence-electron chi connectivity index (χ4n) is 3.10. The molecule has 1 aliphatic rings. The summed E-state index contributed by atoms with van der Waals surface area (Å²) < 4.78 is 4.64. The summed E-state index contributed by atoms with van der Waals surface area (Å²) in [5.41, 5.74) is 2.25. The molecule has 0 heterocycles. The molecular weight excluding hydrogens is 356 g/mol. The number of amides is 2. The summed E-state index contributed by atoms with van der Waals surface area (Å²) in [4.78, 5) is 35.9. The van der Waals surface area contributed by atoms with Crippen LogP contribution in [0, 0.1) is 11.8 Å². The number of benzene rings is 2. The van der Waals surface area contributed by atoms with Gasteiger partial charge in [0.15, 0.2) is 0 Å². The fourth-order valence-corrected chi connectivity index (χ4v) is 3.10. The number of rotatable bonds is 8. The van der Waals surface area contributed by atoms with E-state index < -0.39 is 5.97 Å². The van der Waals surface area contributed by atoms with Crippen LogP contribution < -0.4 is 10.6 Å². The molecule has 1 saturated carbocycles. The van der Waals surface area contributed by atoms with Gasteiger partial charge in [-0.25, -0.2) is 4.79 Å². The number of carbonyl (C=O) groups excluding carboxylic acids is 3. The number of nitrogens with one attached hydrogen (secondary N) is 2. The summed E-state index contributed by atoms with van der Waals surface area (Å²) in [6.45, 7) is 0.605. The number of methoxy groups -OCH3 is 1. The third kappa shape index (κ3) is 5.19.